The van der Waals surface area contributed by atoms with Crippen molar-refractivity contribution in [2.24, 2.45) is 5.92 Å². The molecule has 0 aromatic heterocycles. The van der Waals surface area contributed by atoms with Crippen molar-refractivity contribution in [2.75, 3.05) is 10.6 Å². The van der Waals surface area contributed by atoms with Crippen molar-refractivity contribution in [3.8, 4) is 0 Å². The van der Waals surface area contributed by atoms with Gasteiger partial charge in [0.2, 0.25) is 5.91 Å². The van der Waals surface area contributed by atoms with Gasteiger partial charge in [0, 0.05) is 17.3 Å². The summed E-state index contributed by atoms with van der Waals surface area (Å²) >= 11 is 0. The minimum absolute atomic E-state index is 0.00232. The first-order chi connectivity index (χ1) is 9.31. The van der Waals surface area contributed by atoms with E-state index in [1.54, 1.807) is 0 Å². The van der Waals surface area contributed by atoms with E-state index in [0.717, 1.165) is 16.9 Å². The number of anilines is 2. The van der Waals surface area contributed by atoms with E-state index in [1.807, 2.05) is 52.8 Å². The van der Waals surface area contributed by atoms with Crippen LogP contribution in [0.5, 0.6) is 0 Å². The number of hydrogen-bond donors (Lipinski definition) is 2. The summed E-state index contributed by atoms with van der Waals surface area (Å²) in [7, 11) is 0. The molecular formula is C16H24N2O2. The highest BCUT2D eigenvalue weighted by molar-refractivity contribution is 5.93. The molecule has 0 spiro atoms. The quantitative estimate of drug-likeness (QED) is 0.775. The lowest BCUT2D eigenvalue weighted by Crippen LogP contribution is -2.18. The molecule has 0 aliphatic heterocycles. The second kappa shape index (κ2) is 6.98. The van der Waals surface area contributed by atoms with Gasteiger partial charge in [-0.2, -0.15) is 0 Å². The third-order valence-electron chi connectivity index (χ3n) is 2.77. The molecule has 1 rings (SSSR count). The fourth-order valence-electron chi connectivity index (χ4n) is 1.65. The number of carbonyl (C=O) groups excluding carboxylic acids is 1. The van der Waals surface area contributed by atoms with Crippen molar-refractivity contribution in [2.45, 2.75) is 40.7 Å². The molecular weight excluding hydrogens is 252 g/mol. The molecule has 0 aliphatic rings. The molecule has 0 saturated heterocycles. The van der Waals surface area contributed by atoms with Crippen LogP contribution in [0.15, 0.2) is 30.7 Å². The first-order valence-corrected chi connectivity index (χ1v) is 6.84. The first kappa shape index (κ1) is 16.1. The molecule has 0 aliphatic carbocycles. The van der Waals surface area contributed by atoms with Crippen molar-refractivity contribution >= 4 is 17.3 Å². The summed E-state index contributed by atoms with van der Waals surface area (Å²) < 4.78 is 5.48. The number of hydrogen-bond acceptors (Lipinski definition) is 3. The molecule has 0 atom stereocenters. The van der Waals surface area contributed by atoms with E-state index in [1.165, 1.54) is 0 Å². The fraction of sp³-hybridized carbons (Fsp3) is 0.438. The number of ether oxygens (including phenoxy) is 1. The molecule has 0 heterocycles. The van der Waals surface area contributed by atoms with Crippen molar-refractivity contribution in [1.82, 2.24) is 0 Å². The Morgan fingerprint density at radius 2 is 1.70 bits per heavy atom. The van der Waals surface area contributed by atoms with Gasteiger partial charge in [-0.3, -0.25) is 4.79 Å². The lowest BCUT2D eigenvalue weighted by atomic mass is 10.1. The molecule has 0 bridgehead atoms. The van der Waals surface area contributed by atoms with Gasteiger partial charge in [0.05, 0.1) is 6.10 Å². The molecule has 0 saturated carbocycles. The molecule has 4 heteroatoms. The summed E-state index contributed by atoms with van der Waals surface area (Å²) in [6.07, 6.45) is 0.0686. The summed E-state index contributed by atoms with van der Waals surface area (Å²) in [5, 5.41) is 6.03. The van der Waals surface area contributed by atoms with Crippen molar-refractivity contribution in [1.29, 1.82) is 0 Å². The Balaban J connectivity index is 2.84. The monoisotopic (exact) mass is 276 g/mol. The average Bonchev–Trinajstić information content (AvgIpc) is 2.32. The van der Waals surface area contributed by atoms with Crippen LogP contribution >= 0.6 is 0 Å². The van der Waals surface area contributed by atoms with E-state index in [9.17, 15) is 4.79 Å². The molecule has 20 heavy (non-hydrogen) atoms. The predicted octanol–water partition coefficient (Wildman–Crippen LogP) is 3.90. The van der Waals surface area contributed by atoms with Gasteiger partial charge >= 0.3 is 0 Å². The van der Waals surface area contributed by atoms with E-state index in [0.29, 0.717) is 5.88 Å². The summed E-state index contributed by atoms with van der Waals surface area (Å²) in [5.41, 5.74) is 2.62. The minimum Gasteiger partial charge on any atom is -0.477 e. The Kier molecular flexibility index (Phi) is 5.62. The SMILES string of the molecule is C=C(Nc1cccc(NC(=O)C(C)C)c1C)OC(C)C. The smallest absolute Gasteiger partial charge is 0.226 e. The maximum absolute atomic E-state index is 11.8. The maximum atomic E-state index is 11.8. The Hall–Kier alpha value is -1.97. The molecule has 1 aromatic rings. The normalized spacial score (nSPS) is 10.6. The Morgan fingerprint density at radius 1 is 1.15 bits per heavy atom. The molecule has 0 fully saturated rings. The van der Waals surface area contributed by atoms with Gasteiger partial charge in [0.25, 0.3) is 0 Å². The minimum atomic E-state index is -0.0507. The average molecular weight is 276 g/mol. The second-order valence-electron chi connectivity index (χ2n) is 5.34. The fourth-order valence-corrected chi connectivity index (χ4v) is 1.65. The van der Waals surface area contributed by atoms with Crippen LogP contribution in [-0.2, 0) is 9.53 Å². The summed E-state index contributed by atoms with van der Waals surface area (Å²) in [5.74, 6) is 0.447. The van der Waals surface area contributed by atoms with Crippen LogP contribution in [0.1, 0.15) is 33.3 Å². The third-order valence-corrected chi connectivity index (χ3v) is 2.77. The molecule has 4 nitrogen and oxygen atoms in total. The highest BCUT2D eigenvalue weighted by Crippen LogP contribution is 2.25. The van der Waals surface area contributed by atoms with Gasteiger partial charge < -0.3 is 15.4 Å². The highest BCUT2D eigenvalue weighted by atomic mass is 16.5. The zero-order valence-corrected chi connectivity index (χ0v) is 12.9. The molecule has 2 N–H and O–H groups in total. The molecule has 0 radical (unpaired) electrons. The predicted molar refractivity (Wildman–Crippen MR) is 83.6 cm³/mol. The first-order valence-electron chi connectivity index (χ1n) is 6.84. The van der Waals surface area contributed by atoms with E-state index < -0.39 is 0 Å². The van der Waals surface area contributed by atoms with Crippen LogP contribution in [0.3, 0.4) is 0 Å². The van der Waals surface area contributed by atoms with Crippen molar-refractivity contribution in [3.63, 3.8) is 0 Å². The largest absolute Gasteiger partial charge is 0.477 e. The van der Waals surface area contributed by atoms with Crippen LogP contribution in [0.2, 0.25) is 0 Å². The Labute approximate surface area is 121 Å². The number of amides is 1. The van der Waals surface area contributed by atoms with Gasteiger partial charge in [0.15, 0.2) is 5.88 Å². The lowest BCUT2D eigenvalue weighted by molar-refractivity contribution is -0.118. The van der Waals surface area contributed by atoms with Crippen LogP contribution in [0.4, 0.5) is 11.4 Å². The summed E-state index contributed by atoms with van der Waals surface area (Å²) in [4.78, 5) is 11.8. The molecule has 1 aromatic carbocycles. The number of benzene rings is 1. The van der Waals surface area contributed by atoms with Crippen LogP contribution < -0.4 is 10.6 Å². The maximum Gasteiger partial charge on any atom is 0.226 e. The summed E-state index contributed by atoms with van der Waals surface area (Å²) in [6.45, 7) is 13.4. The van der Waals surface area contributed by atoms with Crippen LogP contribution in [0.25, 0.3) is 0 Å². The number of nitrogens with one attached hydrogen (secondary N) is 2. The highest BCUT2D eigenvalue weighted by Gasteiger charge is 2.11. The van der Waals surface area contributed by atoms with E-state index in [-0.39, 0.29) is 17.9 Å². The summed E-state index contributed by atoms with van der Waals surface area (Å²) in [6, 6.07) is 5.69. The van der Waals surface area contributed by atoms with Gasteiger partial charge in [-0.05, 0) is 45.0 Å². The van der Waals surface area contributed by atoms with E-state index >= 15 is 0 Å². The van der Waals surface area contributed by atoms with E-state index in [4.69, 9.17) is 4.74 Å². The van der Waals surface area contributed by atoms with Gasteiger partial charge in [-0.25, -0.2) is 0 Å². The van der Waals surface area contributed by atoms with Gasteiger partial charge in [0.1, 0.15) is 0 Å². The topological polar surface area (TPSA) is 50.4 Å². The Morgan fingerprint density at radius 3 is 2.20 bits per heavy atom. The van der Waals surface area contributed by atoms with Gasteiger partial charge in [-0.1, -0.05) is 19.9 Å². The van der Waals surface area contributed by atoms with Crippen molar-refractivity contribution < 1.29 is 9.53 Å². The third kappa shape index (κ3) is 4.61. The standard InChI is InChI=1S/C16H24N2O2/c1-10(2)16(19)18-15-9-7-8-14(12(15)5)17-13(6)20-11(3)4/h7-11,17H,6H2,1-5H3,(H,18,19). The zero-order valence-electron chi connectivity index (χ0n) is 12.9. The number of carbonyl (C=O) groups is 1. The Bertz CT molecular complexity index is 493. The van der Waals surface area contributed by atoms with Crippen LogP contribution in [0, 0.1) is 12.8 Å². The van der Waals surface area contributed by atoms with Crippen molar-refractivity contribution in [3.05, 3.63) is 36.2 Å². The molecule has 0 unspecified atom stereocenters. The number of rotatable bonds is 6. The zero-order chi connectivity index (χ0) is 15.3. The molecule has 1 amide bonds. The van der Waals surface area contributed by atoms with Crippen LogP contribution in [-0.4, -0.2) is 12.0 Å². The van der Waals surface area contributed by atoms with Gasteiger partial charge in [-0.15, -0.1) is 0 Å². The molecule has 110 valence electrons. The second-order valence-corrected chi connectivity index (χ2v) is 5.34. The van der Waals surface area contributed by atoms with E-state index in [2.05, 4.69) is 17.2 Å². The lowest BCUT2D eigenvalue weighted by Gasteiger charge is -2.18.